The monoisotopic (exact) mass is 371 g/mol. The molecule has 0 aliphatic carbocycles. The molecule has 2 aliphatic heterocycles. The molecule has 2 rings (SSSR count). The highest BCUT2D eigenvalue weighted by molar-refractivity contribution is 7.99. The minimum Gasteiger partial charge on any atom is -0.481 e. The molecule has 0 aromatic carbocycles. The van der Waals surface area contributed by atoms with Crippen molar-refractivity contribution in [3.63, 3.8) is 0 Å². The van der Waals surface area contributed by atoms with Crippen LogP contribution in [-0.2, 0) is 19.2 Å². The van der Waals surface area contributed by atoms with E-state index in [0.29, 0.717) is 37.4 Å². The van der Waals surface area contributed by atoms with Crippen LogP contribution >= 0.6 is 11.8 Å². The molecule has 2 heterocycles. The quantitative estimate of drug-likeness (QED) is 0.735. The summed E-state index contributed by atoms with van der Waals surface area (Å²) in [5.41, 5.74) is 0. The highest BCUT2D eigenvalue weighted by Crippen LogP contribution is 2.23. The van der Waals surface area contributed by atoms with E-state index in [4.69, 9.17) is 5.11 Å². The third kappa shape index (κ3) is 4.65. The van der Waals surface area contributed by atoms with Gasteiger partial charge in [0.05, 0.1) is 18.3 Å². The number of carboxylic acids is 1. The van der Waals surface area contributed by atoms with Crippen molar-refractivity contribution in [2.24, 2.45) is 5.92 Å². The van der Waals surface area contributed by atoms with Crippen molar-refractivity contribution < 1.29 is 24.3 Å². The lowest BCUT2D eigenvalue weighted by Crippen LogP contribution is -2.51. The zero-order chi connectivity index (χ0) is 18.6. The molecule has 2 atom stereocenters. The van der Waals surface area contributed by atoms with Crippen LogP contribution < -0.4 is 0 Å². The topological polar surface area (TPSA) is 98.2 Å². The third-order valence-corrected chi connectivity index (χ3v) is 5.67. The van der Waals surface area contributed by atoms with Crippen LogP contribution in [0.1, 0.15) is 26.2 Å². The first-order valence-corrected chi connectivity index (χ1v) is 9.63. The zero-order valence-corrected chi connectivity index (χ0v) is 15.5. The Morgan fingerprint density at radius 3 is 2.60 bits per heavy atom. The van der Waals surface area contributed by atoms with Crippen LogP contribution in [0.3, 0.4) is 0 Å². The fourth-order valence-electron chi connectivity index (χ4n) is 3.14. The van der Waals surface area contributed by atoms with E-state index in [2.05, 4.69) is 0 Å². The summed E-state index contributed by atoms with van der Waals surface area (Å²) in [5, 5.41) is 9.11. The number of rotatable bonds is 5. The number of likely N-dealkylation sites (tertiary alicyclic amines) is 1. The summed E-state index contributed by atoms with van der Waals surface area (Å²) < 4.78 is 0. The smallest absolute Gasteiger partial charge is 0.308 e. The molecule has 25 heavy (non-hydrogen) atoms. The average Bonchev–Trinajstić information content (AvgIpc) is 3.09. The fraction of sp³-hybridized carbons (Fsp3) is 0.750. The van der Waals surface area contributed by atoms with E-state index in [9.17, 15) is 19.2 Å². The third-order valence-electron chi connectivity index (χ3n) is 4.66. The zero-order valence-electron chi connectivity index (χ0n) is 14.6. The van der Waals surface area contributed by atoms with Crippen molar-refractivity contribution in [2.75, 3.05) is 38.3 Å². The Morgan fingerprint density at radius 1 is 1.24 bits per heavy atom. The summed E-state index contributed by atoms with van der Waals surface area (Å²) in [6.07, 6.45) is 1.57. The largest absolute Gasteiger partial charge is 0.481 e. The van der Waals surface area contributed by atoms with Gasteiger partial charge in [-0.05, 0) is 12.8 Å². The average molecular weight is 371 g/mol. The van der Waals surface area contributed by atoms with Gasteiger partial charge in [-0.3, -0.25) is 19.2 Å². The highest BCUT2D eigenvalue weighted by atomic mass is 32.2. The summed E-state index contributed by atoms with van der Waals surface area (Å²) >= 11 is 1.53. The van der Waals surface area contributed by atoms with Crippen LogP contribution in [0.5, 0.6) is 0 Å². The van der Waals surface area contributed by atoms with Gasteiger partial charge < -0.3 is 19.8 Å². The minimum atomic E-state index is -0.890. The number of carbonyl (C=O) groups is 4. The Labute approximate surface area is 151 Å². The molecule has 2 aliphatic rings. The number of piperidine rings is 1. The molecule has 0 aromatic heterocycles. The molecule has 1 N–H and O–H groups in total. The van der Waals surface area contributed by atoms with Crippen LogP contribution in [0.2, 0.25) is 0 Å². The molecule has 0 radical (unpaired) electrons. The molecule has 2 saturated heterocycles. The fourth-order valence-corrected chi connectivity index (χ4v) is 4.31. The van der Waals surface area contributed by atoms with Gasteiger partial charge in [0, 0.05) is 32.3 Å². The van der Waals surface area contributed by atoms with E-state index in [-0.39, 0.29) is 30.8 Å². The van der Waals surface area contributed by atoms with Crippen molar-refractivity contribution in [3.8, 4) is 0 Å². The predicted octanol–water partition coefficient (Wildman–Crippen LogP) is 0.0795. The van der Waals surface area contributed by atoms with Gasteiger partial charge in [-0.15, -0.1) is 11.8 Å². The van der Waals surface area contributed by atoms with Gasteiger partial charge in [-0.25, -0.2) is 0 Å². The van der Waals surface area contributed by atoms with E-state index in [1.54, 1.807) is 18.9 Å². The SMILES string of the molecule is CCC(=O)N1CSCC1C(=O)N(C)CC(=O)N1CCCC(C(=O)O)C1. The first kappa shape index (κ1) is 19.6. The molecule has 2 unspecified atom stereocenters. The first-order valence-electron chi connectivity index (χ1n) is 8.47. The Morgan fingerprint density at radius 2 is 1.96 bits per heavy atom. The van der Waals surface area contributed by atoms with Crippen molar-refractivity contribution in [1.82, 2.24) is 14.7 Å². The van der Waals surface area contributed by atoms with Crippen LogP contribution in [0.15, 0.2) is 0 Å². The Balaban J connectivity index is 1.93. The van der Waals surface area contributed by atoms with Gasteiger partial charge in [0.2, 0.25) is 17.7 Å². The predicted molar refractivity (Wildman–Crippen MR) is 92.8 cm³/mol. The lowest BCUT2D eigenvalue weighted by atomic mass is 9.98. The molecule has 0 bridgehead atoms. The Bertz CT molecular complexity index is 556. The van der Waals surface area contributed by atoms with Crippen molar-refractivity contribution in [2.45, 2.75) is 32.2 Å². The van der Waals surface area contributed by atoms with Crippen LogP contribution in [-0.4, -0.2) is 87.9 Å². The van der Waals surface area contributed by atoms with Crippen LogP contribution in [0.25, 0.3) is 0 Å². The number of amides is 3. The normalized spacial score (nSPS) is 23.4. The highest BCUT2D eigenvalue weighted by Gasteiger charge is 2.36. The van der Waals surface area contributed by atoms with Crippen LogP contribution in [0, 0.1) is 5.92 Å². The van der Waals surface area contributed by atoms with E-state index in [1.165, 1.54) is 21.6 Å². The van der Waals surface area contributed by atoms with Gasteiger partial charge in [0.25, 0.3) is 0 Å². The van der Waals surface area contributed by atoms with Gasteiger partial charge in [0.15, 0.2) is 0 Å². The molecule has 3 amide bonds. The molecule has 0 aromatic rings. The number of likely N-dealkylation sites (N-methyl/N-ethyl adjacent to an activating group) is 1. The van der Waals surface area contributed by atoms with Gasteiger partial charge in [-0.2, -0.15) is 0 Å². The maximum absolute atomic E-state index is 12.6. The molecule has 2 fully saturated rings. The number of carbonyl (C=O) groups excluding carboxylic acids is 3. The summed E-state index contributed by atoms with van der Waals surface area (Å²) in [6, 6.07) is -0.525. The molecule has 140 valence electrons. The number of hydrogen-bond acceptors (Lipinski definition) is 5. The van der Waals surface area contributed by atoms with Crippen molar-refractivity contribution in [3.05, 3.63) is 0 Å². The first-order chi connectivity index (χ1) is 11.8. The number of thioether (sulfide) groups is 1. The Hall–Kier alpha value is -1.77. The van der Waals surface area contributed by atoms with Gasteiger partial charge >= 0.3 is 5.97 Å². The van der Waals surface area contributed by atoms with Crippen LogP contribution in [0.4, 0.5) is 0 Å². The maximum Gasteiger partial charge on any atom is 0.308 e. The summed E-state index contributed by atoms with van der Waals surface area (Å²) in [7, 11) is 1.55. The van der Waals surface area contributed by atoms with Crippen molar-refractivity contribution in [1.29, 1.82) is 0 Å². The number of nitrogens with zero attached hydrogens (tertiary/aromatic N) is 3. The number of aliphatic carboxylic acids is 1. The maximum atomic E-state index is 12.6. The molecule has 9 heteroatoms. The van der Waals surface area contributed by atoms with Gasteiger partial charge in [0.1, 0.15) is 6.04 Å². The standard InChI is InChI=1S/C16H25N3O5S/c1-3-13(20)19-10-25-9-12(19)15(22)17(2)8-14(21)18-6-4-5-11(7-18)16(23)24/h11-12H,3-10H2,1-2H3,(H,23,24). The molecule has 0 spiro atoms. The van der Waals surface area contributed by atoms with E-state index in [1.807, 2.05) is 0 Å². The Kier molecular flexibility index (Phi) is 6.69. The summed E-state index contributed by atoms with van der Waals surface area (Å²) in [4.78, 5) is 52.5. The van der Waals surface area contributed by atoms with E-state index in [0.717, 1.165) is 0 Å². The second kappa shape index (κ2) is 8.55. The lowest BCUT2D eigenvalue weighted by Gasteiger charge is -2.33. The van der Waals surface area contributed by atoms with Crippen molar-refractivity contribution >= 4 is 35.5 Å². The molecule has 0 saturated carbocycles. The van der Waals surface area contributed by atoms with E-state index < -0.39 is 17.9 Å². The second-order valence-electron chi connectivity index (χ2n) is 6.44. The second-order valence-corrected chi connectivity index (χ2v) is 7.44. The minimum absolute atomic E-state index is 0.0663. The van der Waals surface area contributed by atoms with Gasteiger partial charge in [-0.1, -0.05) is 6.92 Å². The number of carboxylic acid groups (broad SMARTS) is 1. The lowest BCUT2D eigenvalue weighted by molar-refractivity contribution is -0.148. The molecular weight excluding hydrogens is 346 g/mol. The van der Waals surface area contributed by atoms with E-state index >= 15 is 0 Å². The molecular formula is C16H25N3O5S. The molecule has 8 nitrogen and oxygen atoms in total. The summed E-state index contributed by atoms with van der Waals surface area (Å²) in [5.74, 6) is -0.956. The number of hydrogen-bond donors (Lipinski definition) is 1. The summed E-state index contributed by atoms with van der Waals surface area (Å²) in [6.45, 7) is 2.37.